The number of nitro benzene ring substituents is 1. The predicted octanol–water partition coefficient (Wildman–Crippen LogP) is 3.44. The van der Waals surface area contributed by atoms with Gasteiger partial charge in [-0.2, -0.15) is 0 Å². The smallest absolute Gasteiger partial charge is 0.288 e. The summed E-state index contributed by atoms with van der Waals surface area (Å²) in [4.78, 5) is 15.2. The van der Waals surface area contributed by atoms with Crippen molar-refractivity contribution in [3.8, 4) is 0 Å². The van der Waals surface area contributed by atoms with Crippen LogP contribution in [0.25, 0.3) is 10.9 Å². The van der Waals surface area contributed by atoms with Crippen LogP contribution in [0.15, 0.2) is 42.6 Å². The number of pyridine rings is 1. The van der Waals surface area contributed by atoms with Crippen LogP contribution >= 0.6 is 0 Å². The number of fused-ring (bicyclic) bond motifs is 1. The standard InChI is InChI=1S/C15H14N4O2/c1-10-5-6-11(2)18(10)17-14-8-7-13-12(4-3-9-16-13)15(14)19(20)21/h3-9,17H,1-2H3. The summed E-state index contributed by atoms with van der Waals surface area (Å²) >= 11 is 0. The van der Waals surface area contributed by atoms with Crippen molar-refractivity contribution in [3.05, 3.63) is 64.1 Å². The molecule has 0 aliphatic rings. The maximum Gasteiger partial charge on any atom is 0.303 e. The fourth-order valence-corrected chi connectivity index (χ4v) is 2.39. The molecule has 0 radical (unpaired) electrons. The molecular weight excluding hydrogens is 268 g/mol. The molecule has 1 aromatic carbocycles. The fraction of sp³-hybridized carbons (Fsp3) is 0.133. The first-order valence-electron chi connectivity index (χ1n) is 6.52. The Balaban J connectivity index is 2.19. The molecule has 0 bridgehead atoms. The van der Waals surface area contributed by atoms with Crippen molar-refractivity contribution >= 4 is 22.3 Å². The number of hydrogen-bond acceptors (Lipinski definition) is 4. The van der Waals surface area contributed by atoms with Crippen LogP contribution < -0.4 is 5.43 Å². The van der Waals surface area contributed by atoms with Crippen LogP contribution in [0.5, 0.6) is 0 Å². The Kier molecular flexibility index (Phi) is 3.06. The highest BCUT2D eigenvalue weighted by Crippen LogP contribution is 2.32. The summed E-state index contributed by atoms with van der Waals surface area (Å²) < 4.78 is 1.82. The molecule has 3 aromatic rings. The molecule has 3 rings (SSSR count). The van der Waals surface area contributed by atoms with Gasteiger partial charge in [-0.05, 0) is 50.2 Å². The Hall–Kier alpha value is -2.89. The summed E-state index contributed by atoms with van der Waals surface area (Å²) in [5.41, 5.74) is 6.16. The second-order valence-corrected chi connectivity index (χ2v) is 4.85. The van der Waals surface area contributed by atoms with Gasteiger partial charge in [0.1, 0.15) is 5.69 Å². The highest BCUT2D eigenvalue weighted by atomic mass is 16.6. The fourth-order valence-electron chi connectivity index (χ4n) is 2.39. The van der Waals surface area contributed by atoms with Gasteiger partial charge >= 0.3 is 5.69 Å². The van der Waals surface area contributed by atoms with Crippen molar-refractivity contribution in [2.75, 3.05) is 5.43 Å². The third kappa shape index (κ3) is 2.20. The molecule has 2 heterocycles. The van der Waals surface area contributed by atoms with Gasteiger partial charge in [0.25, 0.3) is 0 Å². The lowest BCUT2D eigenvalue weighted by Crippen LogP contribution is -2.13. The number of nitrogens with one attached hydrogen (secondary N) is 1. The molecule has 0 unspecified atom stereocenters. The Morgan fingerprint density at radius 1 is 1.14 bits per heavy atom. The minimum Gasteiger partial charge on any atom is -0.288 e. The van der Waals surface area contributed by atoms with E-state index in [4.69, 9.17) is 0 Å². The molecule has 0 saturated carbocycles. The molecule has 0 saturated heterocycles. The molecule has 6 nitrogen and oxygen atoms in total. The van der Waals surface area contributed by atoms with Gasteiger partial charge < -0.3 is 0 Å². The maximum absolute atomic E-state index is 11.5. The molecule has 0 atom stereocenters. The topological polar surface area (TPSA) is 73.0 Å². The van der Waals surface area contributed by atoms with Crippen molar-refractivity contribution in [3.63, 3.8) is 0 Å². The Labute approximate surface area is 121 Å². The van der Waals surface area contributed by atoms with E-state index in [0.717, 1.165) is 11.4 Å². The molecule has 0 fully saturated rings. The molecule has 106 valence electrons. The second-order valence-electron chi connectivity index (χ2n) is 4.85. The van der Waals surface area contributed by atoms with Crippen LogP contribution in [-0.2, 0) is 0 Å². The van der Waals surface area contributed by atoms with Crippen LogP contribution in [0, 0.1) is 24.0 Å². The zero-order chi connectivity index (χ0) is 15.0. The van der Waals surface area contributed by atoms with E-state index in [1.54, 1.807) is 30.5 Å². The number of anilines is 1. The van der Waals surface area contributed by atoms with Crippen LogP contribution in [0.3, 0.4) is 0 Å². The van der Waals surface area contributed by atoms with Gasteiger partial charge in [0.15, 0.2) is 0 Å². The summed E-state index contributed by atoms with van der Waals surface area (Å²) in [5, 5.41) is 12.0. The third-order valence-corrected chi connectivity index (χ3v) is 3.44. The Morgan fingerprint density at radius 3 is 2.52 bits per heavy atom. The van der Waals surface area contributed by atoms with E-state index in [1.165, 1.54) is 0 Å². The van der Waals surface area contributed by atoms with Crippen LogP contribution in [0.1, 0.15) is 11.4 Å². The van der Waals surface area contributed by atoms with E-state index >= 15 is 0 Å². The first kappa shape index (κ1) is 13.1. The van der Waals surface area contributed by atoms with E-state index < -0.39 is 0 Å². The normalized spacial score (nSPS) is 10.8. The summed E-state index contributed by atoms with van der Waals surface area (Å²) in [6, 6.07) is 10.8. The number of nitrogens with zero attached hydrogens (tertiary/aromatic N) is 3. The first-order valence-corrected chi connectivity index (χ1v) is 6.52. The number of aryl methyl sites for hydroxylation is 2. The van der Waals surface area contributed by atoms with Crippen molar-refractivity contribution in [2.45, 2.75) is 13.8 Å². The molecule has 1 N–H and O–H groups in total. The number of benzene rings is 1. The van der Waals surface area contributed by atoms with Crippen molar-refractivity contribution < 1.29 is 4.92 Å². The van der Waals surface area contributed by atoms with Crippen molar-refractivity contribution in [1.82, 2.24) is 9.66 Å². The SMILES string of the molecule is Cc1ccc(C)n1Nc1ccc2ncccc2c1[N+](=O)[O-]. The second kappa shape index (κ2) is 4.90. The van der Waals surface area contributed by atoms with Gasteiger partial charge in [0.2, 0.25) is 0 Å². The van der Waals surface area contributed by atoms with Gasteiger partial charge in [0.05, 0.1) is 15.8 Å². The molecule has 0 aliphatic heterocycles. The van der Waals surface area contributed by atoms with Crippen molar-refractivity contribution in [1.29, 1.82) is 0 Å². The van der Waals surface area contributed by atoms with Gasteiger partial charge in [-0.25, -0.2) is 0 Å². The average Bonchev–Trinajstić information content (AvgIpc) is 2.78. The number of nitro groups is 1. The Morgan fingerprint density at radius 2 is 1.86 bits per heavy atom. The molecule has 0 aliphatic carbocycles. The third-order valence-electron chi connectivity index (χ3n) is 3.44. The van der Waals surface area contributed by atoms with E-state index in [2.05, 4.69) is 10.4 Å². The molecular formula is C15H14N4O2. The van der Waals surface area contributed by atoms with Gasteiger partial charge in [-0.3, -0.25) is 25.2 Å². The lowest BCUT2D eigenvalue weighted by Gasteiger charge is -2.13. The van der Waals surface area contributed by atoms with Gasteiger partial charge in [0, 0.05) is 17.6 Å². The number of hydrogen-bond donors (Lipinski definition) is 1. The van der Waals surface area contributed by atoms with E-state index in [-0.39, 0.29) is 10.6 Å². The molecule has 0 amide bonds. The summed E-state index contributed by atoms with van der Waals surface area (Å²) in [5.74, 6) is 0. The highest BCUT2D eigenvalue weighted by Gasteiger charge is 2.19. The highest BCUT2D eigenvalue weighted by molar-refractivity contribution is 5.94. The van der Waals surface area contributed by atoms with Gasteiger partial charge in [-0.1, -0.05) is 0 Å². The Bertz CT molecular complexity index is 819. The first-order chi connectivity index (χ1) is 10.1. The van der Waals surface area contributed by atoms with E-state index in [9.17, 15) is 10.1 Å². The monoisotopic (exact) mass is 282 g/mol. The van der Waals surface area contributed by atoms with E-state index in [0.29, 0.717) is 16.6 Å². The molecule has 6 heteroatoms. The summed E-state index contributed by atoms with van der Waals surface area (Å²) in [6.07, 6.45) is 1.62. The molecule has 0 spiro atoms. The zero-order valence-electron chi connectivity index (χ0n) is 11.7. The lowest BCUT2D eigenvalue weighted by atomic mass is 10.1. The lowest BCUT2D eigenvalue weighted by molar-refractivity contribution is -0.382. The van der Waals surface area contributed by atoms with Crippen LogP contribution in [0.2, 0.25) is 0 Å². The minimum absolute atomic E-state index is 0.0353. The minimum atomic E-state index is -0.374. The van der Waals surface area contributed by atoms with E-state index in [1.807, 2.05) is 30.7 Å². The summed E-state index contributed by atoms with van der Waals surface area (Å²) in [6.45, 7) is 3.88. The van der Waals surface area contributed by atoms with Gasteiger partial charge in [-0.15, -0.1) is 0 Å². The molecule has 2 aromatic heterocycles. The largest absolute Gasteiger partial charge is 0.303 e. The number of aromatic nitrogens is 2. The maximum atomic E-state index is 11.5. The number of rotatable bonds is 3. The average molecular weight is 282 g/mol. The molecule has 21 heavy (non-hydrogen) atoms. The van der Waals surface area contributed by atoms with Crippen molar-refractivity contribution in [2.24, 2.45) is 0 Å². The summed E-state index contributed by atoms with van der Waals surface area (Å²) in [7, 11) is 0. The van der Waals surface area contributed by atoms with Crippen LogP contribution in [0.4, 0.5) is 11.4 Å². The predicted molar refractivity (Wildman–Crippen MR) is 81.3 cm³/mol. The van der Waals surface area contributed by atoms with Crippen LogP contribution in [-0.4, -0.2) is 14.6 Å². The quantitative estimate of drug-likeness (QED) is 0.590. The zero-order valence-corrected chi connectivity index (χ0v) is 11.7.